The molecule has 1 amide bonds. The molecular formula is C13H22N4O. The van der Waals surface area contributed by atoms with E-state index in [2.05, 4.69) is 20.2 Å². The summed E-state index contributed by atoms with van der Waals surface area (Å²) in [5.74, 6) is 0.298. The summed E-state index contributed by atoms with van der Waals surface area (Å²) in [6.07, 6.45) is 5.35. The molecule has 0 saturated carbocycles. The molecule has 1 aromatic rings. The minimum absolute atomic E-state index is 0.109. The number of fused-ring (bicyclic) bond motifs is 1. The summed E-state index contributed by atoms with van der Waals surface area (Å²) in [4.78, 5) is 21.5. The molecule has 2 rings (SSSR count). The van der Waals surface area contributed by atoms with Gasteiger partial charge >= 0.3 is 0 Å². The van der Waals surface area contributed by atoms with E-state index >= 15 is 0 Å². The number of aromatic nitrogens is 2. The standard InChI is InChI=1S/C13H22N4O/c1-17(2)7-3-6-14-13(18)10-4-5-11-12(8-10)16-9-15-11/h9-10H,3-8H2,1-2H3,(H,14,18)(H,15,16). The van der Waals surface area contributed by atoms with Crippen LogP contribution in [0.2, 0.25) is 0 Å². The first-order valence-corrected chi connectivity index (χ1v) is 6.60. The molecule has 1 aromatic heterocycles. The van der Waals surface area contributed by atoms with Gasteiger partial charge in [-0.3, -0.25) is 4.79 Å². The van der Waals surface area contributed by atoms with Crippen LogP contribution in [-0.2, 0) is 17.6 Å². The monoisotopic (exact) mass is 250 g/mol. The van der Waals surface area contributed by atoms with Gasteiger partial charge in [0.2, 0.25) is 5.91 Å². The number of imidazole rings is 1. The second kappa shape index (κ2) is 6.00. The van der Waals surface area contributed by atoms with E-state index in [9.17, 15) is 4.79 Å². The topological polar surface area (TPSA) is 61.0 Å². The molecule has 0 aromatic carbocycles. The van der Waals surface area contributed by atoms with Gasteiger partial charge in [-0.05, 0) is 39.9 Å². The Morgan fingerprint density at radius 1 is 1.61 bits per heavy atom. The first kappa shape index (κ1) is 13.1. The lowest BCUT2D eigenvalue weighted by molar-refractivity contribution is -0.125. The van der Waals surface area contributed by atoms with Crippen LogP contribution in [0.4, 0.5) is 0 Å². The van der Waals surface area contributed by atoms with Gasteiger partial charge in [0.15, 0.2) is 0 Å². The van der Waals surface area contributed by atoms with Gasteiger partial charge in [0, 0.05) is 24.6 Å². The van der Waals surface area contributed by atoms with Gasteiger partial charge in [-0.2, -0.15) is 0 Å². The van der Waals surface area contributed by atoms with Crippen LogP contribution in [0.3, 0.4) is 0 Å². The molecule has 5 heteroatoms. The normalized spacial score (nSPS) is 18.7. The number of carbonyl (C=O) groups is 1. The summed E-state index contributed by atoms with van der Waals surface area (Å²) in [5.41, 5.74) is 2.27. The zero-order valence-electron chi connectivity index (χ0n) is 11.2. The number of amides is 1. The Balaban J connectivity index is 1.74. The largest absolute Gasteiger partial charge is 0.356 e. The average molecular weight is 250 g/mol. The van der Waals surface area contributed by atoms with Crippen molar-refractivity contribution in [3.05, 3.63) is 17.7 Å². The third-order valence-electron chi connectivity index (χ3n) is 3.44. The Hall–Kier alpha value is -1.36. The molecule has 1 aliphatic rings. The van der Waals surface area contributed by atoms with E-state index in [1.54, 1.807) is 6.33 Å². The second-order valence-corrected chi connectivity index (χ2v) is 5.22. The van der Waals surface area contributed by atoms with E-state index in [4.69, 9.17) is 0 Å². The van der Waals surface area contributed by atoms with Crippen LogP contribution in [-0.4, -0.2) is 48.0 Å². The molecule has 2 N–H and O–H groups in total. The van der Waals surface area contributed by atoms with Crippen molar-refractivity contribution in [2.75, 3.05) is 27.2 Å². The van der Waals surface area contributed by atoms with Crippen molar-refractivity contribution in [1.82, 2.24) is 20.2 Å². The molecule has 1 unspecified atom stereocenters. The first-order valence-electron chi connectivity index (χ1n) is 6.60. The van der Waals surface area contributed by atoms with Crippen molar-refractivity contribution in [2.24, 2.45) is 5.92 Å². The maximum absolute atomic E-state index is 12.0. The Labute approximate surface area is 108 Å². The number of hydrogen-bond donors (Lipinski definition) is 2. The fourth-order valence-electron chi connectivity index (χ4n) is 2.38. The highest BCUT2D eigenvalue weighted by Gasteiger charge is 2.25. The molecule has 0 saturated heterocycles. The second-order valence-electron chi connectivity index (χ2n) is 5.22. The molecule has 0 radical (unpaired) electrons. The van der Waals surface area contributed by atoms with Crippen molar-refractivity contribution < 1.29 is 4.79 Å². The first-order chi connectivity index (χ1) is 8.66. The van der Waals surface area contributed by atoms with Gasteiger partial charge in [-0.1, -0.05) is 0 Å². The zero-order chi connectivity index (χ0) is 13.0. The molecule has 0 spiro atoms. The van der Waals surface area contributed by atoms with Crippen molar-refractivity contribution in [1.29, 1.82) is 0 Å². The number of nitrogens with zero attached hydrogens (tertiary/aromatic N) is 2. The van der Waals surface area contributed by atoms with Crippen LogP contribution >= 0.6 is 0 Å². The predicted octanol–water partition coefficient (Wildman–Crippen LogP) is 0.583. The van der Waals surface area contributed by atoms with Crippen molar-refractivity contribution in [3.8, 4) is 0 Å². The third kappa shape index (κ3) is 3.32. The summed E-state index contributed by atoms with van der Waals surface area (Å²) < 4.78 is 0. The highest BCUT2D eigenvalue weighted by atomic mass is 16.1. The SMILES string of the molecule is CN(C)CCCNC(=O)C1CCc2nc[nH]c2C1. The molecule has 1 atom stereocenters. The average Bonchev–Trinajstić information content (AvgIpc) is 2.81. The van der Waals surface area contributed by atoms with Gasteiger partial charge in [-0.15, -0.1) is 0 Å². The molecule has 0 fully saturated rings. The lowest BCUT2D eigenvalue weighted by Crippen LogP contribution is -2.35. The summed E-state index contributed by atoms with van der Waals surface area (Å²) in [5, 5.41) is 3.03. The van der Waals surface area contributed by atoms with Crippen molar-refractivity contribution >= 4 is 5.91 Å². The Morgan fingerprint density at radius 3 is 3.22 bits per heavy atom. The Morgan fingerprint density at radius 2 is 2.44 bits per heavy atom. The maximum Gasteiger partial charge on any atom is 0.223 e. The number of aryl methyl sites for hydroxylation is 1. The fraction of sp³-hybridized carbons (Fsp3) is 0.692. The highest BCUT2D eigenvalue weighted by molar-refractivity contribution is 5.79. The molecule has 1 heterocycles. The molecule has 0 aliphatic heterocycles. The number of hydrogen-bond acceptors (Lipinski definition) is 3. The zero-order valence-corrected chi connectivity index (χ0v) is 11.2. The minimum atomic E-state index is 0.109. The smallest absolute Gasteiger partial charge is 0.223 e. The quantitative estimate of drug-likeness (QED) is 0.752. The lowest BCUT2D eigenvalue weighted by atomic mass is 9.89. The molecular weight excluding hydrogens is 228 g/mol. The van der Waals surface area contributed by atoms with Crippen molar-refractivity contribution in [2.45, 2.75) is 25.7 Å². The van der Waals surface area contributed by atoms with Gasteiger partial charge in [0.25, 0.3) is 0 Å². The Bertz CT molecular complexity index is 399. The third-order valence-corrected chi connectivity index (χ3v) is 3.44. The van der Waals surface area contributed by atoms with Crippen LogP contribution in [0.15, 0.2) is 6.33 Å². The summed E-state index contributed by atoms with van der Waals surface area (Å²) >= 11 is 0. The van der Waals surface area contributed by atoms with E-state index in [-0.39, 0.29) is 11.8 Å². The maximum atomic E-state index is 12.0. The van der Waals surface area contributed by atoms with Gasteiger partial charge in [-0.25, -0.2) is 4.98 Å². The molecule has 5 nitrogen and oxygen atoms in total. The molecule has 18 heavy (non-hydrogen) atoms. The van der Waals surface area contributed by atoms with Crippen LogP contribution in [0, 0.1) is 5.92 Å². The van der Waals surface area contributed by atoms with E-state index in [1.807, 2.05) is 14.1 Å². The molecule has 0 bridgehead atoms. The molecule has 100 valence electrons. The highest BCUT2D eigenvalue weighted by Crippen LogP contribution is 2.22. The van der Waals surface area contributed by atoms with E-state index in [0.717, 1.165) is 50.2 Å². The van der Waals surface area contributed by atoms with Crippen LogP contribution in [0.25, 0.3) is 0 Å². The van der Waals surface area contributed by atoms with E-state index in [0.29, 0.717) is 0 Å². The predicted molar refractivity (Wildman–Crippen MR) is 70.3 cm³/mol. The number of nitrogens with one attached hydrogen (secondary N) is 2. The number of carbonyl (C=O) groups excluding carboxylic acids is 1. The van der Waals surface area contributed by atoms with Gasteiger partial charge in [0.1, 0.15) is 0 Å². The minimum Gasteiger partial charge on any atom is -0.356 e. The van der Waals surface area contributed by atoms with Gasteiger partial charge in [0.05, 0.1) is 12.0 Å². The summed E-state index contributed by atoms with van der Waals surface area (Å²) in [7, 11) is 4.09. The van der Waals surface area contributed by atoms with E-state index < -0.39 is 0 Å². The van der Waals surface area contributed by atoms with Crippen LogP contribution < -0.4 is 5.32 Å². The van der Waals surface area contributed by atoms with E-state index in [1.165, 1.54) is 0 Å². The van der Waals surface area contributed by atoms with Crippen molar-refractivity contribution in [3.63, 3.8) is 0 Å². The lowest BCUT2D eigenvalue weighted by Gasteiger charge is -2.20. The fourth-order valence-corrected chi connectivity index (χ4v) is 2.38. The number of rotatable bonds is 5. The molecule has 1 aliphatic carbocycles. The van der Waals surface area contributed by atoms with Crippen LogP contribution in [0.1, 0.15) is 24.2 Å². The summed E-state index contributed by atoms with van der Waals surface area (Å²) in [6, 6.07) is 0. The number of aromatic amines is 1. The summed E-state index contributed by atoms with van der Waals surface area (Å²) in [6.45, 7) is 1.78. The Kier molecular flexibility index (Phi) is 4.36. The number of H-pyrrole nitrogens is 1. The van der Waals surface area contributed by atoms with Gasteiger partial charge < -0.3 is 15.2 Å². The van der Waals surface area contributed by atoms with Crippen LogP contribution in [0.5, 0.6) is 0 Å².